The highest BCUT2D eigenvalue weighted by molar-refractivity contribution is 4.84. The lowest BCUT2D eigenvalue weighted by Crippen LogP contribution is -2.42. The van der Waals surface area contributed by atoms with Gasteiger partial charge in [0.2, 0.25) is 0 Å². The minimum atomic E-state index is 0.369. The van der Waals surface area contributed by atoms with E-state index in [1.165, 1.54) is 0 Å². The van der Waals surface area contributed by atoms with Crippen LogP contribution >= 0.6 is 0 Å². The fourth-order valence-electron chi connectivity index (χ4n) is 2.22. The van der Waals surface area contributed by atoms with E-state index in [0.29, 0.717) is 18.2 Å². The third-order valence-corrected chi connectivity index (χ3v) is 3.14. The summed E-state index contributed by atoms with van der Waals surface area (Å²) in [5, 5.41) is 3.58. The Morgan fingerprint density at radius 3 is 3.07 bits per heavy atom. The summed E-state index contributed by atoms with van der Waals surface area (Å²) in [5.41, 5.74) is 0. The van der Waals surface area contributed by atoms with Gasteiger partial charge in [-0.3, -0.25) is 0 Å². The lowest BCUT2D eigenvalue weighted by atomic mass is 10.0. The summed E-state index contributed by atoms with van der Waals surface area (Å²) in [5.74, 6) is 0. The van der Waals surface area contributed by atoms with Crippen LogP contribution in [-0.2, 0) is 9.47 Å². The lowest BCUT2D eigenvalue weighted by Gasteiger charge is -2.30. The normalized spacial score (nSPS) is 36.2. The van der Waals surface area contributed by atoms with Crippen molar-refractivity contribution in [3.05, 3.63) is 12.3 Å². The molecule has 0 spiro atoms. The van der Waals surface area contributed by atoms with Gasteiger partial charge in [0, 0.05) is 19.2 Å². The minimum Gasteiger partial charge on any atom is -0.497 e. The molecule has 86 valence electrons. The van der Waals surface area contributed by atoms with Gasteiger partial charge in [0.05, 0.1) is 12.4 Å². The zero-order valence-electron chi connectivity index (χ0n) is 9.45. The molecule has 1 fully saturated rings. The first-order valence-electron chi connectivity index (χ1n) is 6.00. The number of hydrogen-bond donors (Lipinski definition) is 1. The van der Waals surface area contributed by atoms with E-state index in [9.17, 15) is 0 Å². The van der Waals surface area contributed by atoms with Gasteiger partial charge in [-0.1, -0.05) is 0 Å². The van der Waals surface area contributed by atoms with Gasteiger partial charge in [-0.05, 0) is 38.7 Å². The van der Waals surface area contributed by atoms with Crippen molar-refractivity contribution in [1.82, 2.24) is 5.32 Å². The summed E-state index contributed by atoms with van der Waals surface area (Å²) in [6, 6.07) is 0.614. The van der Waals surface area contributed by atoms with Crippen LogP contribution in [0.15, 0.2) is 12.3 Å². The largest absolute Gasteiger partial charge is 0.497 e. The van der Waals surface area contributed by atoms with Crippen LogP contribution in [0.5, 0.6) is 0 Å². The van der Waals surface area contributed by atoms with Crippen molar-refractivity contribution in [2.75, 3.05) is 13.2 Å². The SMILES string of the molecule is CC1CC(NCC2CCC=CO2)CCO1. The molecule has 0 amide bonds. The van der Waals surface area contributed by atoms with Crippen molar-refractivity contribution in [2.45, 2.75) is 50.9 Å². The van der Waals surface area contributed by atoms with Crippen LogP contribution < -0.4 is 5.32 Å². The van der Waals surface area contributed by atoms with E-state index in [4.69, 9.17) is 9.47 Å². The smallest absolute Gasteiger partial charge is 0.110 e. The molecule has 0 saturated carbocycles. The molecule has 2 heterocycles. The number of nitrogens with one attached hydrogen (secondary N) is 1. The molecule has 2 aliphatic rings. The van der Waals surface area contributed by atoms with Gasteiger partial charge in [-0.15, -0.1) is 0 Å². The Balaban J connectivity index is 1.66. The Hall–Kier alpha value is -0.540. The van der Waals surface area contributed by atoms with E-state index in [0.717, 1.165) is 38.8 Å². The molecule has 2 rings (SSSR count). The second kappa shape index (κ2) is 5.52. The Morgan fingerprint density at radius 2 is 2.33 bits per heavy atom. The van der Waals surface area contributed by atoms with Crippen molar-refractivity contribution in [3.8, 4) is 0 Å². The second-order valence-electron chi connectivity index (χ2n) is 4.52. The molecule has 0 aromatic carbocycles. The highest BCUT2D eigenvalue weighted by atomic mass is 16.5. The standard InChI is InChI=1S/C12H21NO2/c1-10-8-11(5-7-14-10)13-9-12-4-2-3-6-15-12/h3,6,10-13H,2,4-5,7-9H2,1H3. The highest BCUT2D eigenvalue weighted by Crippen LogP contribution is 2.14. The lowest BCUT2D eigenvalue weighted by molar-refractivity contribution is 0.0101. The molecule has 1 saturated heterocycles. The zero-order valence-corrected chi connectivity index (χ0v) is 9.45. The third-order valence-electron chi connectivity index (χ3n) is 3.14. The summed E-state index contributed by atoms with van der Waals surface area (Å²) < 4.78 is 11.0. The molecule has 2 aliphatic heterocycles. The molecule has 3 atom stereocenters. The van der Waals surface area contributed by atoms with Gasteiger partial charge in [0.25, 0.3) is 0 Å². The zero-order chi connectivity index (χ0) is 10.5. The van der Waals surface area contributed by atoms with Crippen LogP contribution in [0, 0.1) is 0 Å². The minimum absolute atomic E-state index is 0.369. The predicted molar refractivity (Wildman–Crippen MR) is 59.7 cm³/mol. The van der Waals surface area contributed by atoms with Gasteiger partial charge in [0.1, 0.15) is 6.10 Å². The first kappa shape index (κ1) is 11.0. The molecule has 3 nitrogen and oxygen atoms in total. The van der Waals surface area contributed by atoms with Crippen molar-refractivity contribution in [3.63, 3.8) is 0 Å². The molecule has 3 heteroatoms. The van der Waals surface area contributed by atoms with Gasteiger partial charge < -0.3 is 14.8 Å². The molecule has 1 N–H and O–H groups in total. The fourth-order valence-corrected chi connectivity index (χ4v) is 2.22. The summed E-state index contributed by atoms with van der Waals surface area (Å²) in [6.45, 7) is 4.01. The number of ether oxygens (including phenoxy) is 2. The monoisotopic (exact) mass is 211 g/mol. The molecule has 0 aromatic rings. The van der Waals surface area contributed by atoms with E-state index >= 15 is 0 Å². The molecule has 15 heavy (non-hydrogen) atoms. The van der Waals surface area contributed by atoms with Gasteiger partial charge >= 0.3 is 0 Å². The third kappa shape index (κ3) is 3.50. The van der Waals surface area contributed by atoms with E-state index < -0.39 is 0 Å². The maximum absolute atomic E-state index is 5.52. The van der Waals surface area contributed by atoms with Gasteiger partial charge in [-0.25, -0.2) is 0 Å². The molecule has 0 bridgehead atoms. The van der Waals surface area contributed by atoms with Crippen molar-refractivity contribution < 1.29 is 9.47 Å². The summed E-state index contributed by atoms with van der Waals surface area (Å²) in [4.78, 5) is 0. The van der Waals surface area contributed by atoms with Crippen LogP contribution in [0.3, 0.4) is 0 Å². The Morgan fingerprint density at radius 1 is 1.40 bits per heavy atom. The van der Waals surface area contributed by atoms with Crippen LogP contribution in [-0.4, -0.2) is 31.4 Å². The molecule has 3 unspecified atom stereocenters. The fraction of sp³-hybridized carbons (Fsp3) is 0.833. The Bertz CT molecular complexity index is 218. The summed E-state index contributed by atoms with van der Waals surface area (Å²) in [6.07, 6.45) is 9.25. The summed E-state index contributed by atoms with van der Waals surface area (Å²) in [7, 11) is 0. The first-order chi connectivity index (χ1) is 7.34. The number of allylic oxidation sites excluding steroid dienone is 1. The number of hydrogen-bond acceptors (Lipinski definition) is 3. The quantitative estimate of drug-likeness (QED) is 0.772. The van der Waals surface area contributed by atoms with Crippen LogP contribution in [0.1, 0.15) is 32.6 Å². The Labute approximate surface area is 91.8 Å². The van der Waals surface area contributed by atoms with Gasteiger partial charge in [-0.2, -0.15) is 0 Å². The average molecular weight is 211 g/mol. The van der Waals surface area contributed by atoms with Crippen molar-refractivity contribution >= 4 is 0 Å². The average Bonchev–Trinajstić information content (AvgIpc) is 2.28. The Kier molecular flexibility index (Phi) is 4.03. The highest BCUT2D eigenvalue weighted by Gasteiger charge is 2.20. The molecular weight excluding hydrogens is 190 g/mol. The first-order valence-corrected chi connectivity index (χ1v) is 6.00. The summed E-state index contributed by atoms with van der Waals surface area (Å²) >= 11 is 0. The molecular formula is C12H21NO2. The molecule has 0 aliphatic carbocycles. The van der Waals surface area contributed by atoms with E-state index in [2.05, 4.69) is 18.3 Å². The van der Waals surface area contributed by atoms with Crippen LogP contribution in [0.25, 0.3) is 0 Å². The van der Waals surface area contributed by atoms with Crippen molar-refractivity contribution in [1.29, 1.82) is 0 Å². The van der Waals surface area contributed by atoms with Crippen LogP contribution in [0.4, 0.5) is 0 Å². The maximum Gasteiger partial charge on any atom is 0.110 e. The van der Waals surface area contributed by atoms with E-state index in [-0.39, 0.29) is 0 Å². The topological polar surface area (TPSA) is 30.5 Å². The van der Waals surface area contributed by atoms with Gasteiger partial charge in [0.15, 0.2) is 0 Å². The van der Waals surface area contributed by atoms with E-state index in [1.54, 1.807) is 0 Å². The van der Waals surface area contributed by atoms with E-state index in [1.807, 2.05) is 6.26 Å². The predicted octanol–water partition coefficient (Wildman–Crippen LogP) is 1.84. The maximum atomic E-state index is 5.52. The van der Waals surface area contributed by atoms with Crippen LogP contribution in [0.2, 0.25) is 0 Å². The number of rotatable bonds is 3. The molecule has 0 radical (unpaired) electrons. The van der Waals surface area contributed by atoms with Crippen molar-refractivity contribution in [2.24, 2.45) is 0 Å². The second-order valence-corrected chi connectivity index (χ2v) is 4.52. The molecule has 0 aromatic heterocycles.